The van der Waals surface area contributed by atoms with Gasteiger partial charge in [-0.3, -0.25) is 4.55 Å². The minimum absolute atomic E-state index is 0. The van der Waals surface area contributed by atoms with Gasteiger partial charge in [-0.15, -0.1) is 0 Å². The monoisotopic (exact) mass is 295 g/mol. The first-order valence-corrected chi connectivity index (χ1v) is 6.49. The van der Waals surface area contributed by atoms with Crippen molar-refractivity contribution in [1.29, 1.82) is 0 Å². The third-order valence-corrected chi connectivity index (χ3v) is 3.65. The van der Waals surface area contributed by atoms with Gasteiger partial charge in [0, 0.05) is 34.9 Å². The molecule has 7 heteroatoms. The molecule has 0 bridgehead atoms. The predicted octanol–water partition coefficient (Wildman–Crippen LogP) is 2.37. The smallest absolute Gasteiger partial charge is 0.294 e. The minimum atomic E-state index is -4.20. The van der Waals surface area contributed by atoms with E-state index in [1.807, 2.05) is 0 Å². The van der Waals surface area contributed by atoms with Gasteiger partial charge in [0.25, 0.3) is 10.1 Å². The van der Waals surface area contributed by atoms with Gasteiger partial charge in [-0.1, -0.05) is 23.7 Å². The molecule has 0 saturated heterocycles. The van der Waals surface area contributed by atoms with E-state index in [1.54, 1.807) is 12.1 Å². The Morgan fingerprint density at radius 1 is 1.22 bits per heavy atom. The molecular weight excluding hydrogens is 287 g/mol. The number of fused-ring (bicyclic) bond motifs is 1. The zero-order valence-corrected chi connectivity index (χ0v) is 13.4. The Morgan fingerprint density at radius 3 is 2.44 bits per heavy atom. The third kappa shape index (κ3) is 2.99. The SMILES string of the molecule is COc1ccc2cc(S(=O)(=O)O)ccc2c1Cl.[Na]. The van der Waals surface area contributed by atoms with E-state index in [2.05, 4.69) is 0 Å². The molecule has 0 spiro atoms. The van der Waals surface area contributed by atoms with Gasteiger partial charge in [0.1, 0.15) is 5.75 Å². The molecule has 0 aliphatic heterocycles. The van der Waals surface area contributed by atoms with Crippen LogP contribution in [0.4, 0.5) is 0 Å². The quantitative estimate of drug-likeness (QED) is 0.682. The summed E-state index contributed by atoms with van der Waals surface area (Å²) in [5, 5.41) is 1.69. The molecule has 2 aromatic carbocycles. The Morgan fingerprint density at radius 2 is 1.89 bits per heavy atom. The molecule has 0 atom stereocenters. The zero-order valence-electron chi connectivity index (χ0n) is 9.84. The second-order valence-corrected chi connectivity index (χ2v) is 5.24. The van der Waals surface area contributed by atoms with E-state index in [1.165, 1.54) is 25.3 Å². The minimum Gasteiger partial charge on any atom is -0.495 e. The number of hydrogen-bond donors (Lipinski definition) is 1. The second kappa shape index (κ2) is 5.77. The zero-order chi connectivity index (χ0) is 12.6. The van der Waals surface area contributed by atoms with Gasteiger partial charge in [-0.2, -0.15) is 8.42 Å². The fourth-order valence-electron chi connectivity index (χ4n) is 1.57. The molecule has 0 aliphatic rings. The molecule has 2 rings (SSSR count). The van der Waals surface area contributed by atoms with Crippen molar-refractivity contribution in [1.82, 2.24) is 0 Å². The van der Waals surface area contributed by atoms with Gasteiger partial charge in [0.2, 0.25) is 0 Å². The summed E-state index contributed by atoms with van der Waals surface area (Å²) >= 11 is 6.07. The molecule has 0 fully saturated rings. The number of hydrogen-bond acceptors (Lipinski definition) is 3. The molecule has 0 saturated carbocycles. The first-order valence-electron chi connectivity index (χ1n) is 4.67. The van der Waals surface area contributed by atoms with Gasteiger partial charge in [-0.05, 0) is 23.6 Å². The summed E-state index contributed by atoms with van der Waals surface area (Å²) in [7, 11) is -2.70. The maximum atomic E-state index is 11.0. The molecule has 1 N–H and O–H groups in total. The van der Waals surface area contributed by atoms with Crippen molar-refractivity contribution < 1.29 is 17.7 Å². The first-order chi connectivity index (χ1) is 7.93. The van der Waals surface area contributed by atoms with Crippen molar-refractivity contribution >= 4 is 62.0 Å². The van der Waals surface area contributed by atoms with Crippen LogP contribution in [0.3, 0.4) is 0 Å². The molecule has 0 aliphatic carbocycles. The Bertz CT molecular complexity index is 685. The van der Waals surface area contributed by atoms with Crippen LogP contribution in [0.5, 0.6) is 5.75 Å². The fraction of sp³-hybridized carbons (Fsp3) is 0.0909. The summed E-state index contributed by atoms with van der Waals surface area (Å²) < 4.78 is 35.9. The van der Waals surface area contributed by atoms with Crippen LogP contribution in [0.2, 0.25) is 5.02 Å². The van der Waals surface area contributed by atoms with E-state index < -0.39 is 10.1 Å². The normalized spacial score (nSPS) is 11.1. The molecule has 1 radical (unpaired) electrons. The van der Waals surface area contributed by atoms with Crippen molar-refractivity contribution in [2.24, 2.45) is 0 Å². The number of benzene rings is 2. The molecule has 4 nitrogen and oxygen atoms in total. The summed E-state index contributed by atoms with van der Waals surface area (Å²) in [5.74, 6) is 0.513. The first kappa shape index (κ1) is 15.8. The molecular formula is C11H9ClNaO4S. The molecule has 0 aromatic heterocycles. The Labute approximate surface area is 132 Å². The Balaban J connectivity index is 0.00000162. The van der Waals surface area contributed by atoms with Crippen LogP contribution >= 0.6 is 11.6 Å². The standard InChI is InChI=1S/C11H9ClO4S.Na/c1-16-10-5-2-7-6-8(17(13,14)15)3-4-9(7)11(10)12;/h2-6H,1H3,(H,13,14,15);. The van der Waals surface area contributed by atoms with Crippen LogP contribution in [0.1, 0.15) is 0 Å². The largest absolute Gasteiger partial charge is 0.495 e. The average molecular weight is 296 g/mol. The number of halogens is 1. The molecule has 2 aromatic rings. The van der Waals surface area contributed by atoms with Crippen LogP contribution in [0.25, 0.3) is 10.8 Å². The molecule has 18 heavy (non-hydrogen) atoms. The van der Waals surface area contributed by atoms with E-state index >= 15 is 0 Å². The van der Waals surface area contributed by atoms with Gasteiger partial charge >= 0.3 is 0 Å². The maximum absolute atomic E-state index is 11.0. The maximum Gasteiger partial charge on any atom is 0.294 e. The number of rotatable bonds is 2. The summed E-state index contributed by atoms with van der Waals surface area (Å²) in [5.41, 5.74) is 0. The van der Waals surface area contributed by atoms with Crippen LogP contribution in [0.15, 0.2) is 35.2 Å². The topological polar surface area (TPSA) is 63.6 Å². The van der Waals surface area contributed by atoms with Crippen LogP contribution in [-0.2, 0) is 10.1 Å². The van der Waals surface area contributed by atoms with Crippen LogP contribution in [-0.4, -0.2) is 49.6 Å². The predicted molar refractivity (Wildman–Crippen MR) is 71.1 cm³/mol. The average Bonchev–Trinajstić information content (AvgIpc) is 2.28. The van der Waals surface area contributed by atoms with Crippen molar-refractivity contribution in [3.05, 3.63) is 35.4 Å². The van der Waals surface area contributed by atoms with Crippen molar-refractivity contribution in [2.45, 2.75) is 4.90 Å². The van der Waals surface area contributed by atoms with Crippen LogP contribution < -0.4 is 4.74 Å². The number of ether oxygens (including phenoxy) is 1. The second-order valence-electron chi connectivity index (χ2n) is 3.44. The van der Waals surface area contributed by atoms with Crippen molar-refractivity contribution in [2.75, 3.05) is 7.11 Å². The molecule has 0 heterocycles. The fourth-order valence-corrected chi connectivity index (χ4v) is 2.40. The molecule has 0 amide bonds. The van der Waals surface area contributed by atoms with E-state index in [4.69, 9.17) is 20.9 Å². The van der Waals surface area contributed by atoms with Gasteiger partial charge in [0.05, 0.1) is 17.0 Å². The van der Waals surface area contributed by atoms with Gasteiger partial charge in [-0.25, -0.2) is 0 Å². The summed E-state index contributed by atoms with van der Waals surface area (Å²) in [6, 6.07) is 7.50. The number of methoxy groups -OCH3 is 1. The summed E-state index contributed by atoms with van der Waals surface area (Å²) in [4.78, 5) is -0.161. The van der Waals surface area contributed by atoms with Crippen LogP contribution in [0, 0.1) is 0 Å². The van der Waals surface area contributed by atoms with Crippen molar-refractivity contribution in [3.8, 4) is 5.75 Å². The summed E-state index contributed by atoms with van der Waals surface area (Å²) in [6.45, 7) is 0. The van der Waals surface area contributed by atoms with E-state index in [0.717, 1.165) is 0 Å². The summed E-state index contributed by atoms with van der Waals surface area (Å²) in [6.07, 6.45) is 0. The van der Waals surface area contributed by atoms with Gasteiger partial charge < -0.3 is 4.74 Å². The van der Waals surface area contributed by atoms with Gasteiger partial charge in [0.15, 0.2) is 0 Å². The van der Waals surface area contributed by atoms with Crippen molar-refractivity contribution in [3.63, 3.8) is 0 Å². The Kier molecular flexibility index (Phi) is 5.05. The molecule has 91 valence electrons. The molecule has 0 unspecified atom stereocenters. The van der Waals surface area contributed by atoms with E-state index in [9.17, 15) is 8.42 Å². The Hall–Kier alpha value is -0.300. The third-order valence-electron chi connectivity index (χ3n) is 2.41. The van der Waals surface area contributed by atoms with E-state index in [-0.39, 0.29) is 34.5 Å². The van der Waals surface area contributed by atoms with E-state index in [0.29, 0.717) is 21.5 Å².